The number of nitrogens with zero attached hydrogens (tertiary/aromatic N) is 2. The van der Waals surface area contributed by atoms with Crippen molar-refractivity contribution in [3.05, 3.63) is 59.9 Å². The van der Waals surface area contributed by atoms with Crippen molar-refractivity contribution in [2.24, 2.45) is 0 Å². The van der Waals surface area contributed by atoms with Gasteiger partial charge in [-0.1, -0.05) is 30.3 Å². The second-order valence-electron chi connectivity index (χ2n) is 5.59. The molecule has 0 amide bonds. The van der Waals surface area contributed by atoms with E-state index in [9.17, 15) is 0 Å². The van der Waals surface area contributed by atoms with Crippen LogP contribution in [0.1, 0.15) is 31.0 Å². The maximum absolute atomic E-state index is 4.32. The summed E-state index contributed by atoms with van der Waals surface area (Å²) in [5.74, 6) is 0. The fourth-order valence-corrected chi connectivity index (χ4v) is 2.98. The summed E-state index contributed by atoms with van der Waals surface area (Å²) in [4.78, 5) is 6.75. The minimum Gasteiger partial charge on any atom is -0.364 e. The molecule has 0 spiro atoms. The largest absolute Gasteiger partial charge is 0.364 e. The smallest absolute Gasteiger partial charge is 0.0604 e. The highest BCUT2D eigenvalue weighted by molar-refractivity contribution is 5.54. The highest BCUT2D eigenvalue weighted by Crippen LogP contribution is 2.29. The third-order valence-electron chi connectivity index (χ3n) is 3.88. The molecule has 0 unspecified atom stereocenters. The summed E-state index contributed by atoms with van der Waals surface area (Å²) in [6.07, 6.45) is 3.88. The van der Waals surface area contributed by atoms with Gasteiger partial charge in [0.1, 0.15) is 0 Å². The number of anilines is 1. The summed E-state index contributed by atoms with van der Waals surface area (Å²) in [7, 11) is 0. The normalized spacial score (nSPS) is 22.2. The first-order valence-electron chi connectivity index (χ1n) is 7.23. The van der Waals surface area contributed by atoms with Crippen molar-refractivity contribution in [2.75, 3.05) is 11.4 Å². The number of fused-ring (bicyclic) bond motifs is 1. The van der Waals surface area contributed by atoms with Gasteiger partial charge in [-0.15, -0.1) is 0 Å². The van der Waals surface area contributed by atoms with E-state index in [0.29, 0.717) is 12.1 Å². The molecule has 0 aliphatic carbocycles. The molecule has 20 heavy (non-hydrogen) atoms. The zero-order chi connectivity index (χ0) is 13.9. The van der Waals surface area contributed by atoms with Crippen LogP contribution in [0.3, 0.4) is 0 Å². The molecule has 2 aromatic rings. The van der Waals surface area contributed by atoms with Crippen molar-refractivity contribution in [1.29, 1.82) is 0 Å². The predicted molar refractivity (Wildman–Crippen MR) is 82.7 cm³/mol. The fourth-order valence-electron chi connectivity index (χ4n) is 2.98. The summed E-state index contributed by atoms with van der Waals surface area (Å²) in [5, 5.41) is 3.64. The third kappa shape index (κ3) is 2.68. The van der Waals surface area contributed by atoms with Crippen molar-refractivity contribution < 1.29 is 0 Å². The molecule has 104 valence electrons. The van der Waals surface area contributed by atoms with Crippen LogP contribution in [-0.4, -0.2) is 17.6 Å². The molecule has 2 atom stereocenters. The molecule has 1 aromatic carbocycles. The zero-order valence-electron chi connectivity index (χ0n) is 12.1. The average Bonchev–Trinajstić information content (AvgIpc) is 2.58. The first kappa shape index (κ1) is 13.1. The molecule has 1 aromatic heterocycles. The van der Waals surface area contributed by atoms with Gasteiger partial charge >= 0.3 is 0 Å². The van der Waals surface area contributed by atoms with E-state index in [1.54, 1.807) is 0 Å². The molecular weight excluding hydrogens is 246 g/mol. The van der Waals surface area contributed by atoms with E-state index in [-0.39, 0.29) is 0 Å². The van der Waals surface area contributed by atoms with E-state index < -0.39 is 0 Å². The summed E-state index contributed by atoms with van der Waals surface area (Å²) >= 11 is 0. The van der Waals surface area contributed by atoms with Crippen LogP contribution in [0, 0.1) is 0 Å². The van der Waals surface area contributed by atoms with Crippen molar-refractivity contribution in [3.8, 4) is 0 Å². The molecule has 0 radical (unpaired) electrons. The van der Waals surface area contributed by atoms with Gasteiger partial charge in [0.25, 0.3) is 0 Å². The molecule has 1 aliphatic heterocycles. The van der Waals surface area contributed by atoms with Crippen LogP contribution in [0.15, 0.2) is 48.8 Å². The summed E-state index contributed by atoms with van der Waals surface area (Å²) in [6.45, 7) is 6.39. The Kier molecular flexibility index (Phi) is 3.70. The van der Waals surface area contributed by atoms with Gasteiger partial charge in [0, 0.05) is 31.4 Å². The van der Waals surface area contributed by atoms with Crippen molar-refractivity contribution in [2.45, 2.75) is 32.5 Å². The fraction of sp³-hybridized carbons (Fsp3) is 0.353. The van der Waals surface area contributed by atoms with Crippen molar-refractivity contribution in [3.63, 3.8) is 0 Å². The lowest BCUT2D eigenvalue weighted by Gasteiger charge is -2.26. The van der Waals surface area contributed by atoms with Gasteiger partial charge in [-0.05, 0) is 31.0 Å². The lowest BCUT2D eigenvalue weighted by molar-refractivity contribution is 0.491. The van der Waals surface area contributed by atoms with Crippen LogP contribution in [0.25, 0.3) is 0 Å². The molecule has 0 fully saturated rings. The van der Waals surface area contributed by atoms with E-state index >= 15 is 0 Å². The Morgan fingerprint density at radius 2 is 2.00 bits per heavy atom. The van der Waals surface area contributed by atoms with Crippen LogP contribution >= 0.6 is 0 Å². The first-order chi connectivity index (χ1) is 9.74. The average molecular weight is 267 g/mol. The van der Waals surface area contributed by atoms with E-state index in [2.05, 4.69) is 65.4 Å². The minimum atomic E-state index is 0.365. The number of aromatic nitrogens is 1. The SMILES string of the molecule is C[C@@H]1CN(Cc2ccccc2)c2cnccc2[C@H](C)N1. The number of pyridine rings is 1. The molecule has 1 N–H and O–H groups in total. The van der Waals surface area contributed by atoms with Crippen LogP contribution in [-0.2, 0) is 6.54 Å². The molecular formula is C17H21N3. The Hall–Kier alpha value is -1.87. The molecule has 0 bridgehead atoms. The van der Waals surface area contributed by atoms with E-state index in [1.165, 1.54) is 16.8 Å². The standard InChI is InChI=1S/C17H21N3/c1-13-11-20(12-15-6-4-3-5-7-15)17-10-18-9-8-16(17)14(2)19-13/h3-10,13-14,19H,11-12H2,1-2H3/t13-,14+/m1/s1. The van der Waals surface area contributed by atoms with Gasteiger partial charge in [0.15, 0.2) is 0 Å². The second kappa shape index (κ2) is 5.63. The number of nitrogens with one attached hydrogen (secondary N) is 1. The van der Waals surface area contributed by atoms with Gasteiger partial charge in [0.05, 0.1) is 11.9 Å². The van der Waals surface area contributed by atoms with Crippen LogP contribution in [0.2, 0.25) is 0 Å². The Labute approximate surface area is 120 Å². The Morgan fingerprint density at radius 3 is 2.80 bits per heavy atom. The quantitative estimate of drug-likeness (QED) is 0.906. The van der Waals surface area contributed by atoms with Crippen LogP contribution < -0.4 is 10.2 Å². The number of benzene rings is 1. The lowest BCUT2D eigenvalue weighted by Crippen LogP contribution is -2.36. The first-order valence-corrected chi connectivity index (χ1v) is 7.23. The minimum absolute atomic E-state index is 0.365. The molecule has 3 heteroatoms. The van der Waals surface area contributed by atoms with Gasteiger partial charge in [-0.2, -0.15) is 0 Å². The molecule has 3 nitrogen and oxygen atoms in total. The molecule has 2 heterocycles. The summed E-state index contributed by atoms with van der Waals surface area (Å²) in [6, 6.07) is 13.6. The lowest BCUT2D eigenvalue weighted by atomic mass is 10.1. The summed E-state index contributed by atoms with van der Waals surface area (Å²) in [5.41, 5.74) is 3.92. The molecule has 0 saturated carbocycles. The Balaban J connectivity index is 1.94. The van der Waals surface area contributed by atoms with Gasteiger partial charge in [-0.3, -0.25) is 4.98 Å². The topological polar surface area (TPSA) is 28.2 Å². The number of hydrogen-bond acceptors (Lipinski definition) is 3. The number of hydrogen-bond donors (Lipinski definition) is 1. The molecule has 1 aliphatic rings. The maximum atomic E-state index is 4.32. The van der Waals surface area contributed by atoms with E-state index in [1.807, 2.05) is 12.4 Å². The van der Waals surface area contributed by atoms with Gasteiger partial charge in [0.2, 0.25) is 0 Å². The molecule has 3 rings (SSSR count). The monoisotopic (exact) mass is 267 g/mol. The Bertz CT molecular complexity index is 567. The molecule has 0 saturated heterocycles. The van der Waals surface area contributed by atoms with E-state index in [0.717, 1.165) is 13.1 Å². The highest BCUT2D eigenvalue weighted by Gasteiger charge is 2.23. The van der Waals surface area contributed by atoms with E-state index in [4.69, 9.17) is 0 Å². The van der Waals surface area contributed by atoms with Gasteiger partial charge in [-0.25, -0.2) is 0 Å². The van der Waals surface area contributed by atoms with Crippen LogP contribution in [0.4, 0.5) is 5.69 Å². The number of rotatable bonds is 2. The highest BCUT2D eigenvalue weighted by atomic mass is 15.2. The maximum Gasteiger partial charge on any atom is 0.0604 e. The summed E-state index contributed by atoms with van der Waals surface area (Å²) < 4.78 is 0. The zero-order valence-corrected chi connectivity index (χ0v) is 12.1. The van der Waals surface area contributed by atoms with Crippen molar-refractivity contribution in [1.82, 2.24) is 10.3 Å². The third-order valence-corrected chi connectivity index (χ3v) is 3.88. The second-order valence-corrected chi connectivity index (χ2v) is 5.59. The van der Waals surface area contributed by atoms with Crippen LogP contribution in [0.5, 0.6) is 0 Å². The van der Waals surface area contributed by atoms with Gasteiger partial charge < -0.3 is 10.2 Å². The van der Waals surface area contributed by atoms with Crippen molar-refractivity contribution >= 4 is 5.69 Å². The Morgan fingerprint density at radius 1 is 1.20 bits per heavy atom. The predicted octanol–water partition coefficient (Wildman–Crippen LogP) is 3.14.